The van der Waals surface area contributed by atoms with Crippen molar-refractivity contribution in [1.82, 2.24) is 0 Å². The third-order valence-corrected chi connectivity index (χ3v) is 8.25. The average molecular weight is 335 g/mol. The van der Waals surface area contributed by atoms with Crippen molar-refractivity contribution in [3.8, 4) is 0 Å². The molecule has 7 atom stereocenters. The monoisotopic (exact) mass is 334 g/mol. The first kappa shape index (κ1) is 16.9. The Balaban J connectivity index is 1.66. The molecule has 0 aromatic heterocycles. The lowest BCUT2D eigenvalue weighted by Crippen LogP contribution is -2.52. The molecule has 2 bridgehead atoms. The van der Waals surface area contributed by atoms with Gasteiger partial charge in [0.25, 0.3) is 0 Å². The Hall–Kier alpha value is -0.540. The van der Waals surface area contributed by atoms with Crippen LogP contribution in [0.2, 0.25) is 0 Å². The summed E-state index contributed by atoms with van der Waals surface area (Å²) in [6.45, 7) is 14.2. The van der Waals surface area contributed by atoms with E-state index in [1.54, 1.807) is 6.26 Å². The molecular formula is C21H34O3. The summed E-state index contributed by atoms with van der Waals surface area (Å²) < 4.78 is 18.8. The first-order valence-corrected chi connectivity index (χ1v) is 9.79. The van der Waals surface area contributed by atoms with Crippen molar-refractivity contribution in [1.29, 1.82) is 0 Å². The molecule has 4 fully saturated rings. The standard InChI is InChI=1S/C21H34O3/c1-7-10-22-13-19(5)23-17-12-21-11-16(20(17,6)24-19)18(3,4)15(21)9-8-14(21)2/h7,10,14-17H,8-9,11-13H2,1-6H3/t14-,15+,16-,17+,19-,20-,21-/m1/s1. The minimum absolute atomic E-state index is 0.188. The van der Waals surface area contributed by atoms with Crippen molar-refractivity contribution >= 4 is 0 Å². The molecule has 0 N–H and O–H groups in total. The number of rotatable bonds is 3. The summed E-state index contributed by atoms with van der Waals surface area (Å²) in [5.74, 6) is 1.57. The molecule has 1 saturated heterocycles. The Morgan fingerprint density at radius 1 is 1.08 bits per heavy atom. The maximum atomic E-state index is 6.67. The minimum atomic E-state index is -0.631. The minimum Gasteiger partial charge on any atom is -0.496 e. The first-order chi connectivity index (χ1) is 11.2. The first-order valence-electron chi connectivity index (χ1n) is 9.79. The van der Waals surface area contributed by atoms with Crippen LogP contribution in [0.15, 0.2) is 12.3 Å². The normalized spacial score (nSPS) is 54.9. The second-order valence-corrected chi connectivity index (χ2v) is 9.85. The summed E-state index contributed by atoms with van der Waals surface area (Å²) in [5.41, 5.74) is 0.608. The molecule has 24 heavy (non-hydrogen) atoms. The Kier molecular flexibility index (Phi) is 3.53. The van der Waals surface area contributed by atoms with E-state index in [0.717, 1.165) is 18.3 Å². The van der Waals surface area contributed by atoms with Crippen molar-refractivity contribution in [2.45, 2.75) is 84.7 Å². The number of fused-ring (bicyclic) bond motifs is 3. The number of ether oxygens (including phenoxy) is 3. The fraction of sp³-hybridized carbons (Fsp3) is 0.905. The second-order valence-electron chi connectivity index (χ2n) is 9.85. The second kappa shape index (κ2) is 5.01. The highest BCUT2D eigenvalue weighted by Gasteiger charge is 2.74. The number of allylic oxidation sites excluding steroid dienone is 1. The lowest BCUT2D eigenvalue weighted by molar-refractivity contribution is -0.209. The molecule has 1 heterocycles. The molecule has 3 heteroatoms. The zero-order valence-corrected chi connectivity index (χ0v) is 16.2. The summed E-state index contributed by atoms with van der Waals surface area (Å²) >= 11 is 0. The molecule has 1 spiro atoms. The van der Waals surface area contributed by atoms with Gasteiger partial charge < -0.3 is 14.2 Å². The van der Waals surface area contributed by atoms with E-state index < -0.39 is 5.79 Å². The van der Waals surface area contributed by atoms with Gasteiger partial charge in [0.05, 0.1) is 18.0 Å². The predicted molar refractivity (Wildman–Crippen MR) is 94.4 cm³/mol. The maximum absolute atomic E-state index is 6.67. The van der Waals surface area contributed by atoms with Crippen LogP contribution in [-0.2, 0) is 14.2 Å². The lowest BCUT2D eigenvalue weighted by Gasteiger charge is -2.47. The van der Waals surface area contributed by atoms with Crippen LogP contribution in [0.1, 0.15) is 67.2 Å². The molecule has 0 aromatic rings. The molecule has 4 aliphatic rings. The predicted octanol–water partition coefficient (Wildman–Crippen LogP) is 4.91. The lowest BCUT2D eigenvalue weighted by atomic mass is 9.63. The molecular weight excluding hydrogens is 300 g/mol. The van der Waals surface area contributed by atoms with E-state index in [0.29, 0.717) is 23.4 Å². The molecule has 3 saturated carbocycles. The fourth-order valence-corrected chi connectivity index (χ4v) is 7.26. The van der Waals surface area contributed by atoms with Crippen molar-refractivity contribution in [2.24, 2.45) is 28.6 Å². The van der Waals surface area contributed by atoms with Crippen LogP contribution in [0.4, 0.5) is 0 Å². The van der Waals surface area contributed by atoms with Gasteiger partial charge >= 0.3 is 0 Å². The quantitative estimate of drug-likeness (QED) is 0.686. The molecule has 0 aromatic carbocycles. The van der Waals surface area contributed by atoms with Crippen molar-refractivity contribution in [3.05, 3.63) is 12.3 Å². The topological polar surface area (TPSA) is 27.7 Å². The Morgan fingerprint density at radius 2 is 1.83 bits per heavy atom. The number of hydrogen-bond acceptors (Lipinski definition) is 3. The van der Waals surface area contributed by atoms with Gasteiger partial charge in [0.2, 0.25) is 5.79 Å². The van der Waals surface area contributed by atoms with E-state index in [1.165, 1.54) is 19.3 Å². The molecule has 136 valence electrons. The fourth-order valence-electron chi connectivity index (χ4n) is 7.26. The van der Waals surface area contributed by atoms with Crippen LogP contribution >= 0.6 is 0 Å². The summed E-state index contributed by atoms with van der Waals surface area (Å²) in [6.07, 6.45) is 9.07. The van der Waals surface area contributed by atoms with E-state index in [2.05, 4.69) is 27.7 Å². The highest BCUT2D eigenvalue weighted by molar-refractivity contribution is 5.21. The van der Waals surface area contributed by atoms with Crippen molar-refractivity contribution in [2.75, 3.05) is 6.61 Å². The van der Waals surface area contributed by atoms with Crippen molar-refractivity contribution < 1.29 is 14.2 Å². The van der Waals surface area contributed by atoms with E-state index in [4.69, 9.17) is 14.2 Å². The van der Waals surface area contributed by atoms with Gasteiger partial charge in [0, 0.05) is 0 Å². The van der Waals surface area contributed by atoms with Gasteiger partial charge in [0.1, 0.15) is 6.61 Å². The van der Waals surface area contributed by atoms with Gasteiger partial charge in [-0.15, -0.1) is 0 Å². The Labute approximate surface area is 147 Å². The van der Waals surface area contributed by atoms with E-state index >= 15 is 0 Å². The van der Waals surface area contributed by atoms with Gasteiger partial charge in [-0.25, -0.2) is 0 Å². The van der Waals surface area contributed by atoms with Crippen LogP contribution in [0.5, 0.6) is 0 Å². The highest BCUT2D eigenvalue weighted by Crippen LogP contribution is 2.75. The van der Waals surface area contributed by atoms with Gasteiger partial charge in [-0.2, -0.15) is 0 Å². The summed E-state index contributed by atoms with van der Waals surface area (Å²) in [4.78, 5) is 0. The van der Waals surface area contributed by atoms with Gasteiger partial charge in [-0.05, 0) is 75.0 Å². The molecule has 3 aliphatic carbocycles. The van der Waals surface area contributed by atoms with Crippen LogP contribution < -0.4 is 0 Å². The Morgan fingerprint density at radius 3 is 2.54 bits per heavy atom. The SMILES string of the molecule is CC=COC[C@]1(C)O[C@H]2C[C@@]34C[C@H](C(C)(C)[C@@H]3CC[C@H]4C)[C@@]2(C)O1. The smallest absolute Gasteiger partial charge is 0.200 e. The van der Waals surface area contributed by atoms with Gasteiger partial charge in [-0.3, -0.25) is 0 Å². The largest absolute Gasteiger partial charge is 0.496 e. The van der Waals surface area contributed by atoms with Crippen LogP contribution in [0.3, 0.4) is 0 Å². The molecule has 4 rings (SSSR count). The van der Waals surface area contributed by atoms with Gasteiger partial charge in [0.15, 0.2) is 0 Å². The molecule has 3 nitrogen and oxygen atoms in total. The average Bonchev–Trinajstić information content (AvgIpc) is 3.01. The molecule has 0 amide bonds. The highest BCUT2D eigenvalue weighted by atomic mass is 16.8. The van der Waals surface area contributed by atoms with Crippen LogP contribution in [-0.4, -0.2) is 24.1 Å². The summed E-state index contributed by atoms with van der Waals surface area (Å²) in [5, 5.41) is 0. The van der Waals surface area contributed by atoms with Gasteiger partial charge in [-0.1, -0.05) is 26.8 Å². The third-order valence-electron chi connectivity index (χ3n) is 8.25. The maximum Gasteiger partial charge on any atom is 0.200 e. The van der Waals surface area contributed by atoms with E-state index in [9.17, 15) is 0 Å². The molecule has 0 radical (unpaired) electrons. The van der Waals surface area contributed by atoms with E-state index in [-0.39, 0.29) is 11.7 Å². The zero-order valence-electron chi connectivity index (χ0n) is 16.2. The van der Waals surface area contributed by atoms with Crippen LogP contribution in [0, 0.1) is 28.6 Å². The van der Waals surface area contributed by atoms with Crippen LogP contribution in [0.25, 0.3) is 0 Å². The molecule has 1 aliphatic heterocycles. The van der Waals surface area contributed by atoms with E-state index in [1.807, 2.05) is 19.9 Å². The number of hydrogen-bond donors (Lipinski definition) is 0. The molecule has 0 unspecified atom stereocenters. The summed E-state index contributed by atoms with van der Waals surface area (Å²) in [7, 11) is 0. The zero-order chi connectivity index (χ0) is 17.4. The summed E-state index contributed by atoms with van der Waals surface area (Å²) in [6, 6.07) is 0. The Bertz CT molecular complexity index is 555. The van der Waals surface area contributed by atoms with Crippen molar-refractivity contribution in [3.63, 3.8) is 0 Å². The third kappa shape index (κ3) is 1.97.